The maximum Gasteiger partial charge on any atom is 0.302 e. The van der Waals surface area contributed by atoms with Gasteiger partial charge in [0.1, 0.15) is 22.0 Å². The van der Waals surface area contributed by atoms with Crippen LogP contribution in [0.25, 0.3) is 0 Å². The van der Waals surface area contributed by atoms with Crippen LogP contribution in [0.3, 0.4) is 0 Å². The number of methoxy groups -OCH3 is 2. The molecule has 3 fully saturated rings. The second kappa shape index (κ2) is 8.46. The second-order valence-corrected chi connectivity index (χ2v) is 10.9. The summed E-state index contributed by atoms with van der Waals surface area (Å²) in [7, 11) is 2.92. The smallest absolute Gasteiger partial charge is 0.302 e. The van der Waals surface area contributed by atoms with Crippen molar-refractivity contribution < 1.29 is 28.5 Å². The molecule has 0 N–H and O–H groups in total. The Morgan fingerprint density at radius 3 is 2.32 bits per heavy atom. The van der Waals surface area contributed by atoms with E-state index in [1.165, 1.54) is 27.6 Å². The van der Waals surface area contributed by atoms with Gasteiger partial charge in [0.2, 0.25) is 5.79 Å². The van der Waals surface area contributed by atoms with Crippen LogP contribution in [0, 0.1) is 5.92 Å². The average molecular weight is 518 g/mol. The van der Waals surface area contributed by atoms with Crippen LogP contribution in [-0.2, 0) is 28.5 Å². The number of rotatable bonds is 6. The molecule has 0 radical (unpaired) electrons. The van der Waals surface area contributed by atoms with E-state index in [-0.39, 0.29) is 16.0 Å². The second-order valence-electron chi connectivity index (χ2n) is 8.89. The van der Waals surface area contributed by atoms with Crippen LogP contribution in [0.4, 0.5) is 0 Å². The highest BCUT2D eigenvalue weighted by atomic mass is 35.5. The summed E-state index contributed by atoms with van der Waals surface area (Å²) >= 11 is 27.2. The third-order valence-electron chi connectivity index (χ3n) is 7.27. The summed E-state index contributed by atoms with van der Waals surface area (Å²) in [6.45, 7) is 1.72. The first-order valence-electron chi connectivity index (χ1n) is 10.6. The van der Waals surface area contributed by atoms with Gasteiger partial charge in [0.05, 0.1) is 16.7 Å². The number of esters is 1. The van der Waals surface area contributed by atoms with Gasteiger partial charge in [0.15, 0.2) is 5.79 Å². The molecule has 2 bridgehead atoms. The van der Waals surface area contributed by atoms with Crippen molar-refractivity contribution in [3.05, 3.63) is 10.1 Å². The SMILES string of the molecule is COC1(OC)C2(Cl)CC(C[C@H](OC(C)=O)[C@H]3COC4(CCCCC4)O3)C1(Cl)C(Cl)=C2Cl. The molecule has 5 atom stereocenters. The lowest BCUT2D eigenvalue weighted by Gasteiger charge is -2.41. The molecule has 1 aliphatic heterocycles. The fraction of sp³-hybridized carbons (Fsp3) is 0.857. The van der Waals surface area contributed by atoms with Crippen LogP contribution in [0.5, 0.6) is 0 Å². The van der Waals surface area contributed by atoms with E-state index in [0.717, 1.165) is 25.7 Å². The van der Waals surface area contributed by atoms with Crippen LogP contribution in [0.1, 0.15) is 51.9 Å². The van der Waals surface area contributed by atoms with Gasteiger partial charge in [-0.15, -0.1) is 23.2 Å². The number of hydrogen-bond acceptors (Lipinski definition) is 6. The van der Waals surface area contributed by atoms with Crippen molar-refractivity contribution in [2.45, 2.75) is 85.4 Å². The third-order valence-corrected chi connectivity index (χ3v) is 9.89. The average Bonchev–Trinajstić information content (AvgIpc) is 3.26. The first-order chi connectivity index (χ1) is 14.6. The van der Waals surface area contributed by atoms with Gasteiger partial charge in [-0.05, 0) is 31.6 Å². The Bertz CT molecular complexity index is 765. The molecular weight excluding hydrogens is 490 g/mol. The van der Waals surface area contributed by atoms with Crippen LogP contribution in [0.2, 0.25) is 0 Å². The first-order valence-corrected chi connectivity index (χ1v) is 12.1. The van der Waals surface area contributed by atoms with Crippen molar-refractivity contribution in [1.82, 2.24) is 0 Å². The Balaban J connectivity index is 1.61. The predicted molar refractivity (Wildman–Crippen MR) is 118 cm³/mol. The van der Waals surface area contributed by atoms with Crippen LogP contribution >= 0.6 is 46.4 Å². The summed E-state index contributed by atoms with van der Waals surface area (Å²) in [4.78, 5) is 9.34. The molecule has 0 aromatic rings. The molecule has 6 nitrogen and oxygen atoms in total. The van der Waals surface area contributed by atoms with Gasteiger partial charge in [-0.25, -0.2) is 0 Å². The summed E-state index contributed by atoms with van der Waals surface area (Å²) in [6, 6.07) is 0. The Kier molecular flexibility index (Phi) is 6.64. The zero-order valence-corrected chi connectivity index (χ0v) is 20.9. The maximum absolute atomic E-state index is 11.9. The zero-order valence-electron chi connectivity index (χ0n) is 17.9. The minimum absolute atomic E-state index is 0.194. The molecule has 3 aliphatic carbocycles. The molecule has 1 spiro atoms. The quantitative estimate of drug-likeness (QED) is 0.279. The first kappa shape index (κ1) is 24.3. The maximum atomic E-state index is 11.9. The minimum atomic E-state index is -1.46. The van der Waals surface area contributed by atoms with Gasteiger partial charge in [0, 0.05) is 34.0 Å². The number of halogens is 4. The van der Waals surface area contributed by atoms with Gasteiger partial charge in [-0.3, -0.25) is 4.79 Å². The summed E-state index contributed by atoms with van der Waals surface area (Å²) in [5.41, 5.74) is 0. The van der Waals surface area contributed by atoms with Crippen molar-refractivity contribution in [2.24, 2.45) is 5.92 Å². The lowest BCUT2D eigenvalue weighted by atomic mass is 9.85. The largest absolute Gasteiger partial charge is 0.460 e. The fourth-order valence-electron chi connectivity index (χ4n) is 5.90. The normalized spacial score (nSPS) is 39.3. The van der Waals surface area contributed by atoms with Crippen LogP contribution in [0.15, 0.2) is 10.1 Å². The standard InChI is InChI=1S/C21H28Cl4O6/c1-12(26)30-14(15-11-29-18(31-15)7-5-4-6-8-18)9-13-10-19(24)16(22)17(23)20(13,25)21(19,27-2)28-3/h13-15H,4-11H2,1-3H3/t13?,14-,15+,19?,20?/m0/s1. The van der Waals surface area contributed by atoms with Crippen molar-refractivity contribution in [3.8, 4) is 0 Å². The Morgan fingerprint density at radius 1 is 1.13 bits per heavy atom. The van der Waals surface area contributed by atoms with Crippen molar-refractivity contribution in [1.29, 1.82) is 0 Å². The highest BCUT2D eigenvalue weighted by Crippen LogP contribution is 2.72. The third kappa shape index (κ3) is 3.39. The lowest BCUT2D eigenvalue weighted by molar-refractivity contribution is -0.220. The van der Waals surface area contributed by atoms with Gasteiger partial charge in [-0.2, -0.15) is 0 Å². The van der Waals surface area contributed by atoms with E-state index in [4.69, 9.17) is 70.1 Å². The Hall–Kier alpha value is 0.210. The van der Waals surface area contributed by atoms with E-state index in [2.05, 4.69) is 0 Å². The van der Waals surface area contributed by atoms with Crippen molar-refractivity contribution in [3.63, 3.8) is 0 Å². The number of fused-ring (bicyclic) bond motifs is 2. The van der Waals surface area contributed by atoms with Crippen molar-refractivity contribution in [2.75, 3.05) is 20.8 Å². The molecular formula is C21H28Cl4O6. The number of carbonyl (C=O) groups excluding carboxylic acids is 1. The highest BCUT2D eigenvalue weighted by Gasteiger charge is 2.80. The molecule has 0 amide bonds. The van der Waals surface area contributed by atoms with Gasteiger partial charge in [-0.1, -0.05) is 29.6 Å². The fourth-order valence-corrected chi connectivity index (χ4v) is 7.99. The topological polar surface area (TPSA) is 63.2 Å². The van der Waals surface area contributed by atoms with E-state index in [1.807, 2.05) is 0 Å². The molecule has 31 heavy (non-hydrogen) atoms. The molecule has 4 rings (SSSR count). The van der Waals surface area contributed by atoms with Gasteiger partial charge >= 0.3 is 5.97 Å². The van der Waals surface area contributed by atoms with E-state index in [1.54, 1.807) is 0 Å². The number of alkyl halides is 2. The van der Waals surface area contributed by atoms with E-state index < -0.39 is 39.5 Å². The molecule has 0 aromatic carbocycles. The minimum Gasteiger partial charge on any atom is -0.460 e. The predicted octanol–water partition coefficient (Wildman–Crippen LogP) is 5.05. The summed E-state index contributed by atoms with van der Waals surface area (Å²) in [5, 5.41) is 0.413. The molecule has 2 saturated carbocycles. The Morgan fingerprint density at radius 2 is 1.77 bits per heavy atom. The highest BCUT2D eigenvalue weighted by molar-refractivity contribution is 6.51. The molecule has 1 heterocycles. The van der Waals surface area contributed by atoms with Crippen molar-refractivity contribution >= 4 is 52.4 Å². The molecule has 0 aromatic heterocycles. The van der Waals surface area contributed by atoms with Crippen LogP contribution < -0.4 is 0 Å². The van der Waals surface area contributed by atoms with Crippen LogP contribution in [-0.4, -0.2) is 60.3 Å². The molecule has 1 saturated heterocycles. The monoisotopic (exact) mass is 516 g/mol. The zero-order chi connectivity index (χ0) is 22.7. The molecule has 10 heteroatoms. The van der Waals surface area contributed by atoms with Gasteiger partial charge in [0.25, 0.3) is 0 Å². The van der Waals surface area contributed by atoms with E-state index in [9.17, 15) is 4.79 Å². The van der Waals surface area contributed by atoms with E-state index >= 15 is 0 Å². The Labute approximate surface area is 202 Å². The molecule has 3 unspecified atom stereocenters. The molecule has 4 aliphatic rings. The summed E-state index contributed by atoms with van der Waals surface area (Å²) in [5.74, 6) is -2.81. The van der Waals surface area contributed by atoms with E-state index in [0.29, 0.717) is 19.4 Å². The lowest BCUT2D eigenvalue weighted by Crippen LogP contribution is -2.57. The number of ether oxygens (including phenoxy) is 5. The summed E-state index contributed by atoms with van der Waals surface area (Å²) in [6.07, 6.45) is 4.63. The van der Waals surface area contributed by atoms with Gasteiger partial charge < -0.3 is 23.7 Å². The number of carbonyl (C=O) groups is 1. The number of hydrogen-bond donors (Lipinski definition) is 0. The summed E-state index contributed by atoms with van der Waals surface area (Å²) < 4.78 is 29.6. The molecule has 176 valence electrons.